The predicted molar refractivity (Wildman–Crippen MR) is 63.4 cm³/mol. The van der Waals surface area contributed by atoms with E-state index in [4.69, 9.17) is 10.4 Å². The van der Waals surface area contributed by atoms with E-state index >= 15 is 0 Å². The topological polar surface area (TPSA) is 98.9 Å². The lowest BCUT2D eigenvalue weighted by molar-refractivity contribution is 0.0690. The van der Waals surface area contributed by atoms with Gasteiger partial charge >= 0.3 is 5.97 Å². The molecule has 2 N–H and O–H groups in total. The molecule has 18 heavy (non-hydrogen) atoms. The van der Waals surface area contributed by atoms with E-state index in [1.54, 1.807) is 24.3 Å². The van der Waals surface area contributed by atoms with Gasteiger partial charge in [0.25, 0.3) is 0 Å². The Labute approximate surface area is 103 Å². The van der Waals surface area contributed by atoms with Crippen LogP contribution in [0.4, 0.5) is 11.5 Å². The van der Waals surface area contributed by atoms with Crippen LogP contribution in [-0.2, 0) is 0 Å². The molecule has 2 aromatic rings. The first kappa shape index (κ1) is 11.5. The molecule has 1 heterocycles. The summed E-state index contributed by atoms with van der Waals surface area (Å²) in [5.74, 6) is -0.806. The maximum Gasteiger partial charge on any atom is 0.354 e. The summed E-state index contributed by atoms with van der Waals surface area (Å²) in [5, 5.41) is 20.6. The Kier molecular flexibility index (Phi) is 3.16. The Morgan fingerprint density at radius 3 is 2.83 bits per heavy atom. The van der Waals surface area contributed by atoms with Crippen molar-refractivity contribution >= 4 is 17.5 Å². The Hall–Kier alpha value is -2.94. The lowest BCUT2D eigenvalue weighted by atomic mass is 10.2. The molecule has 0 fully saturated rings. The van der Waals surface area contributed by atoms with Gasteiger partial charge in [-0.05, 0) is 12.1 Å². The van der Waals surface area contributed by atoms with E-state index in [9.17, 15) is 4.79 Å². The number of benzene rings is 1. The molecule has 6 heteroatoms. The van der Waals surface area contributed by atoms with Crippen LogP contribution in [0.1, 0.15) is 16.1 Å². The second-order valence-electron chi connectivity index (χ2n) is 3.38. The van der Waals surface area contributed by atoms with E-state index in [1.165, 1.54) is 6.07 Å². The van der Waals surface area contributed by atoms with Gasteiger partial charge in [0.1, 0.15) is 18.2 Å². The fraction of sp³-hybridized carbons (Fsp3) is 0. The number of para-hydroxylation sites is 1. The number of carbonyl (C=O) groups is 1. The Balaban J connectivity index is 2.32. The zero-order valence-electron chi connectivity index (χ0n) is 9.16. The predicted octanol–water partition coefficient (Wildman–Crippen LogP) is 1.79. The number of carboxylic acid groups (broad SMARTS) is 1. The van der Waals surface area contributed by atoms with Crippen molar-refractivity contribution in [1.29, 1.82) is 5.26 Å². The highest BCUT2D eigenvalue weighted by molar-refractivity contribution is 5.86. The number of anilines is 2. The summed E-state index contributed by atoms with van der Waals surface area (Å²) in [5.41, 5.74) is 0.907. The zero-order valence-corrected chi connectivity index (χ0v) is 9.16. The van der Waals surface area contributed by atoms with Crippen LogP contribution in [0.5, 0.6) is 0 Å². The maximum atomic E-state index is 10.8. The molecule has 2 rings (SSSR count). The second-order valence-corrected chi connectivity index (χ2v) is 3.38. The van der Waals surface area contributed by atoms with Gasteiger partial charge in [-0.1, -0.05) is 12.1 Å². The first-order chi connectivity index (χ1) is 8.70. The molecule has 88 valence electrons. The van der Waals surface area contributed by atoms with Crippen LogP contribution in [0.25, 0.3) is 0 Å². The fourth-order valence-electron chi connectivity index (χ4n) is 1.37. The molecule has 0 unspecified atom stereocenters. The highest BCUT2D eigenvalue weighted by Gasteiger charge is 2.07. The van der Waals surface area contributed by atoms with Gasteiger partial charge in [-0.25, -0.2) is 14.8 Å². The molecule has 0 amide bonds. The van der Waals surface area contributed by atoms with Crippen LogP contribution in [0.3, 0.4) is 0 Å². The Bertz CT molecular complexity index is 634. The van der Waals surface area contributed by atoms with Gasteiger partial charge in [-0.15, -0.1) is 0 Å². The summed E-state index contributed by atoms with van der Waals surface area (Å²) in [4.78, 5) is 18.3. The summed E-state index contributed by atoms with van der Waals surface area (Å²) in [6, 6.07) is 10.2. The standard InChI is InChI=1S/C12H8N4O2/c13-6-8-3-1-2-4-9(8)16-11-5-10(12(17)18)14-7-15-11/h1-5,7H,(H,17,18)(H,14,15,16). The highest BCUT2D eigenvalue weighted by Crippen LogP contribution is 2.18. The summed E-state index contributed by atoms with van der Waals surface area (Å²) < 4.78 is 0. The minimum Gasteiger partial charge on any atom is -0.477 e. The summed E-state index contributed by atoms with van der Waals surface area (Å²) >= 11 is 0. The van der Waals surface area contributed by atoms with Crippen molar-refractivity contribution in [1.82, 2.24) is 9.97 Å². The van der Waals surface area contributed by atoms with Crippen molar-refractivity contribution in [3.63, 3.8) is 0 Å². The van der Waals surface area contributed by atoms with Crippen LogP contribution in [0, 0.1) is 11.3 Å². The number of nitriles is 1. The van der Waals surface area contributed by atoms with Gasteiger partial charge in [-0.3, -0.25) is 0 Å². The third-order valence-corrected chi connectivity index (χ3v) is 2.20. The monoisotopic (exact) mass is 240 g/mol. The number of nitrogens with one attached hydrogen (secondary N) is 1. The number of hydrogen-bond acceptors (Lipinski definition) is 5. The molecule has 0 aliphatic rings. The van der Waals surface area contributed by atoms with Gasteiger partial charge in [0, 0.05) is 6.07 Å². The number of rotatable bonds is 3. The average molecular weight is 240 g/mol. The maximum absolute atomic E-state index is 10.8. The lowest BCUT2D eigenvalue weighted by Gasteiger charge is -2.06. The van der Waals surface area contributed by atoms with Crippen LogP contribution >= 0.6 is 0 Å². The molecular weight excluding hydrogens is 232 g/mol. The number of aromatic carboxylic acids is 1. The molecule has 1 aromatic carbocycles. The van der Waals surface area contributed by atoms with E-state index in [2.05, 4.69) is 15.3 Å². The first-order valence-corrected chi connectivity index (χ1v) is 5.02. The number of nitrogens with zero attached hydrogens (tertiary/aromatic N) is 3. The van der Waals surface area contributed by atoms with Crippen molar-refractivity contribution in [2.45, 2.75) is 0 Å². The van der Waals surface area contributed by atoms with Gasteiger partial charge < -0.3 is 10.4 Å². The van der Waals surface area contributed by atoms with E-state index in [1.807, 2.05) is 6.07 Å². The number of carboxylic acids is 1. The highest BCUT2D eigenvalue weighted by atomic mass is 16.4. The quantitative estimate of drug-likeness (QED) is 0.848. The van der Waals surface area contributed by atoms with Crippen LogP contribution in [0.15, 0.2) is 36.7 Å². The summed E-state index contributed by atoms with van der Waals surface area (Å²) in [6.45, 7) is 0. The molecular formula is C12H8N4O2. The molecule has 0 radical (unpaired) electrons. The van der Waals surface area contributed by atoms with Crippen molar-refractivity contribution in [3.05, 3.63) is 47.9 Å². The minimum absolute atomic E-state index is 0.109. The van der Waals surface area contributed by atoms with Crippen LogP contribution in [0.2, 0.25) is 0 Å². The smallest absolute Gasteiger partial charge is 0.354 e. The SMILES string of the molecule is N#Cc1ccccc1Nc1cc(C(=O)O)ncn1. The third-order valence-electron chi connectivity index (χ3n) is 2.20. The first-order valence-electron chi connectivity index (χ1n) is 5.02. The Morgan fingerprint density at radius 2 is 2.11 bits per heavy atom. The molecule has 0 atom stereocenters. The molecule has 1 aromatic heterocycles. The lowest BCUT2D eigenvalue weighted by Crippen LogP contribution is -2.03. The van der Waals surface area contributed by atoms with Gasteiger partial charge in [0.2, 0.25) is 0 Å². The fourth-order valence-corrected chi connectivity index (χ4v) is 1.37. The van der Waals surface area contributed by atoms with Crippen molar-refractivity contribution in [2.24, 2.45) is 0 Å². The normalized spacial score (nSPS) is 9.50. The van der Waals surface area contributed by atoms with Crippen LogP contribution in [-0.4, -0.2) is 21.0 Å². The van der Waals surface area contributed by atoms with E-state index in [0.29, 0.717) is 17.1 Å². The largest absolute Gasteiger partial charge is 0.477 e. The van der Waals surface area contributed by atoms with E-state index < -0.39 is 5.97 Å². The Morgan fingerprint density at radius 1 is 1.33 bits per heavy atom. The van der Waals surface area contributed by atoms with Gasteiger partial charge in [0.15, 0.2) is 5.69 Å². The molecule has 0 bridgehead atoms. The van der Waals surface area contributed by atoms with Gasteiger partial charge in [-0.2, -0.15) is 5.26 Å². The van der Waals surface area contributed by atoms with Crippen LogP contribution < -0.4 is 5.32 Å². The molecule has 0 saturated carbocycles. The number of aromatic nitrogens is 2. The molecule has 6 nitrogen and oxygen atoms in total. The molecule has 0 spiro atoms. The second kappa shape index (κ2) is 4.93. The molecule has 0 aliphatic carbocycles. The summed E-state index contributed by atoms with van der Waals surface area (Å²) in [6.07, 6.45) is 1.15. The van der Waals surface area contributed by atoms with Crippen molar-refractivity contribution in [2.75, 3.05) is 5.32 Å². The third kappa shape index (κ3) is 2.41. The minimum atomic E-state index is -1.13. The molecule has 0 aliphatic heterocycles. The zero-order chi connectivity index (χ0) is 13.0. The molecule has 0 saturated heterocycles. The summed E-state index contributed by atoms with van der Waals surface area (Å²) in [7, 11) is 0. The van der Waals surface area contributed by atoms with Crippen molar-refractivity contribution < 1.29 is 9.90 Å². The van der Waals surface area contributed by atoms with Gasteiger partial charge in [0.05, 0.1) is 11.3 Å². The van der Waals surface area contributed by atoms with E-state index in [0.717, 1.165) is 6.33 Å². The van der Waals surface area contributed by atoms with Crippen molar-refractivity contribution in [3.8, 4) is 6.07 Å². The average Bonchev–Trinajstić information content (AvgIpc) is 2.39. The number of hydrogen-bond donors (Lipinski definition) is 2. The van der Waals surface area contributed by atoms with E-state index in [-0.39, 0.29) is 5.69 Å².